The van der Waals surface area contributed by atoms with E-state index in [9.17, 15) is 5.11 Å². The van der Waals surface area contributed by atoms with E-state index in [1.165, 1.54) is 37.9 Å². The molecule has 2 heterocycles. The highest BCUT2D eigenvalue weighted by Crippen LogP contribution is 2.49. The average Bonchev–Trinajstić information content (AvgIpc) is 2.75. The van der Waals surface area contributed by atoms with Crippen molar-refractivity contribution in [1.82, 2.24) is 0 Å². The molecule has 2 nitrogen and oxygen atoms in total. The SMILES string of the molecule is CC1(C(O)C2CCOC3(CCC3)C2)CCCS1. The summed E-state index contributed by atoms with van der Waals surface area (Å²) in [4.78, 5) is 0. The van der Waals surface area contributed by atoms with E-state index in [1.807, 2.05) is 11.8 Å². The molecule has 3 atom stereocenters. The molecule has 1 spiro atoms. The van der Waals surface area contributed by atoms with Crippen molar-refractivity contribution in [1.29, 1.82) is 0 Å². The molecule has 0 radical (unpaired) electrons. The van der Waals surface area contributed by atoms with Crippen molar-refractivity contribution in [2.45, 2.75) is 68.3 Å². The van der Waals surface area contributed by atoms with Crippen LogP contribution in [0.15, 0.2) is 0 Å². The summed E-state index contributed by atoms with van der Waals surface area (Å²) in [6.07, 6.45) is 8.24. The number of aliphatic hydroxyl groups is 1. The summed E-state index contributed by atoms with van der Waals surface area (Å²) in [5.74, 6) is 1.70. The van der Waals surface area contributed by atoms with Crippen LogP contribution in [0.5, 0.6) is 0 Å². The molecule has 2 aliphatic heterocycles. The molecular weight excluding hydrogens is 232 g/mol. The van der Waals surface area contributed by atoms with Crippen LogP contribution >= 0.6 is 11.8 Å². The lowest BCUT2D eigenvalue weighted by Crippen LogP contribution is -2.51. The predicted molar refractivity (Wildman–Crippen MR) is 71.4 cm³/mol. The number of hydrogen-bond donors (Lipinski definition) is 1. The van der Waals surface area contributed by atoms with Gasteiger partial charge in [0.05, 0.1) is 11.7 Å². The van der Waals surface area contributed by atoms with E-state index in [0.717, 1.165) is 19.4 Å². The van der Waals surface area contributed by atoms with Gasteiger partial charge in [0.25, 0.3) is 0 Å². The Morgan fingerprint density at radius 2 is 2.12 bits per heavy atom. The molecule has 0 aromatic heterocycles. The Balaban J connectivity index is 1.66. The quantitative estimate of drug-likeness (QED) is 0.823. The third kappa shape index (κ3) is 2.15. The van der Waals surface area contributed by atoms with Gasteiger partial charge >= 0.3 is 0 Å². The minimum absolute atomic E-state index is 0.118. The summed E-state index contributed by atoms with van der Waals surface area (Å²) in [5, 5.41) is 10.7. The van der Waals surface area contributed by atoms with E-state index < -0.39 is 0 Å². The van der Waals surface area contributed by atoms with Gasteiger partial charge < -0.3 is 9.84 Å². The second-order valence-electron chi connectivity index (χ2n) is 6.35. The van der Waals surface area contributed by atoms with Gasteiger partial charge in [0.15, 0.2) is 0 Å². The first kappa shape index (κ1) is 12.3. The van der Waals surface area contributed by atoms with Crippen molar-refractivity contribution in [3.8, 4) is 0 Å². The molecule has 2 saturated heterocycles. The molecule has 3 heteroatoms. The molecule has 98 valence electrons. The topological polar surface area (TPSA) is 29.5 Å². The van der Waals surface area contributed by atoms with Gasteiger partial charge in [-0.2, -0.15) is 11.8 Å². The number of ether oxygens (including phenoxy) is 1. The first-order chi connectivity index (χ1) is 8.14. The highest BCUT2D eigenvalue weighted by Gasteiger charge is 2.48. The molecule has 17 heavy (non-hydrogen) atoms. The third-order valence-corrected chi connectivity index (χ3v) is 6.72. The maximum atomic E-state index is 10.7. The van der Waals surface area contributed by atoms with E-state index in [0.29, 0.717) is 5.92 Å². The molecular formula is C14H24O2S. The maximum Gasteiger partial charge on any atom is 0.0714 e. The molecule has 3 fully saturated rings. The summed E-state index contributed by atoms with van der Waals surface area (Å²) in [6.45, 7) is 3.13. The van der Waals surface area contributed by atoms with Crippen LogP contribution in [0.25, 0.3) is 0 Å². The lowest BCUT2D eigenvalue weighted by atomic mass is 9.69. The first-order valence-corrected chi connectivity index (χ1v) is 8.08. The van der Waals surface area contributed by atoms with Gasteiger partial charge in [-0.25, -0.2) is 0 Å². The third-order valence-electron chi connectivity index (χ3n) is 5.12. The second-order valence-corrected chi connectivity index (χ2v) is 7.98. The summed E-state index contributed by atoms with van der Waals surface area (Å²) < 4.78 is 6.08. The number of thioether (sulfide) groups is 1. The lowest BCUT2D eigenvalue weighted by molar-refractivity contribution is -0.159. The molecule has 1 N–H and O–H groups in total. The maximum absolute atomic E-state index is 10.7. The minimum Gasteiger partial charge on any atom is -0.391 e. The fraction of sp³-hybridized carbons (Fsp3) is 1.00. The predicted octanol–water partition coefficient (Wildman–Crippen LogP) is 2.98. The summed E-state index contributed by atoms with van der Waals surface area (Å²) in [6, 6.07) is 0. The minimum atomic E-state index is -0.128. The van der Waals surface area contributed by atoms with E-state index >= 15 is 0 Å². The molecule has 0 amide bonds. The van der Waals surface area contributed by atoms with Crippen LogP contribution in [-0.2, 0) is 4.74 Å². The standard InChI is InChI=1S/C14H24O2S/c1-13(5-3-9-17-13)12(15)11-4-8-16-14(10-11)6-2-7-14/h11-12,15H,2-10H2,1H3. The van der Waals surface area contributed by atoms with Gasteiger partial charge in [0, 0.05) is 11.4 Å². The average molecular weight is 256 g/mol. The fourth-order valence-electron chi connectivity index (χ4n) is 3.79. The zero-order valence-electron chi connectivity index (χ0n) is 10.8. The van der Waals surface area contributed by atoms with Crippen LogP contribution in [0, 0.1) is 5.92 Å². The van der Waals surface area contributed by atoms with E-state index in [1.54, 1.807) is 0 Å². The van der Waals surface area contributed by atoms with Gasteiger partial charge in [-0.15, -0.1) is 0 Å². The first-order valence-electron chi connectivity index (χ1n) is 7.10. The van der Waals surface area contributed by atoms with Crippen LogP contribution in [0.1, 0.15) is 51.9 Å². The molecule has 1 saturated carbocycles. The molecule has 0 bridgehead atoms. The second kappa shape index (κ2) is 4.43. The van der Waals surface area contributed by atoms with Crippen LogP contribution < -0.4 is 0 Å². The fourth-order valence-corrected chi connectivity index (χ4v) is 5.19. The smallest absolute Gasteiger partial charge is 0.0714 e. The van der Waals surface area contributed by atoms with E-state index in [-0.39, 0.29) is 16.5 Å². The monoisotopic (exact) mass is 256 g/mol. The van der Waals surface area contributed by atoms with Crippen molar-refractivity contribution in [3.63, 3.8) is 0 Å². The highest BCUT2D eigenvalue weighted by molar-refractivity contribution is 8.00. The zero-order chi connectivity index (χ0) is 11.9. The Hall–Kier alpha value is 0.270. The van der Waals surface area contributed by atoms with Crippen LogP contribution in [0.4, 0.5) is 0 Å². The molecule has 3 unspecified atom stereocenters. The number of aliphatic hydroxyl groups excluding tert-OH is 1. The molecule has 0 aromatic rings. The van der Waals surface area contributed by atoms with Gasteiger partial charge in [0.1, 0.15) is 0 Å². The molecule has 3 rings (SSSR count). The van der Waals surface area contributed by atoms with Crippen molar-refractivity contribution < 1.29 is 9.84 Å². The number of hydrogen-bond acceptors (Lipinski definition) is 3. The van der Waals surface area contributed by atoms with Gasteiger partial charge in [-0.3, -0.25) is 0 Å². The van der Waals surface area contributed by atoms with Crippen molar-refractivity contribution >= 4 is 11.8 Å². The Labute approximate surface area is 108 Å². The summed E-state index contributed by atoms with van der Waals surface area (Å²) in [5.41, 5.74) is 0.170. The molecule has 3 aliphatic rings. The summed E-state index contributed by atoms with van der Waals surface area (Å²) >= 11 is 1.98. The van der Waals surface area contributed by atoms with Crippen molar-refractivity contribution in [3.05, 3.63) is 0 Å². The normalized spacial score (nSPS) is 42.4. The Morgan fingerprint density at radius 1 is 1.29 bits per heavy atom. The summed E-state index contributed by atoms with van der Waals surface area (Å²) in [7, 11) is 0. The van der Waals surface area contributed by atoms with Crippen LogP contribution in [0.2, 0.25) is 0 Å². The van der Waals surface area contributed by atoms with Crippen LogP contribution in [0.3, 0.4) is 0 Å². The van der Waals surface area contributed by atoms with E-state index in [2.05, 4.69) is 6.92 Å². The Morgan fingerprint density at radius 3 is 2.71 bits per heavy atom. The van der Waals surface area contributed by atoms with Gasteiger partial charge in [-0.05, 0) is 63.5 Å². The van der Waals surface area contributed by atoms with E-state index in [4.69, 9.17) is 4.74 Å². The zero-order valence-corrected chi connectivity index (χ0v) is 11.6. The number of rotatable bonds is 2. The van der Waals surface area contributed by atoms with Gasteiger partial charge in [0.2, 0.25) is 0 Å². The largest absolute Gasteiger partial charge is 0.391 e. The molecule has 0 aromatic carbocycles. The van der Waals surface area contributed by atoms with Gasteiger partial charge in [-0.1, -0.05) is 0 Å². The Kier molecular flexibility index (Phi) is 3.21. The highest BCUT2D eigenvalue weighted by atomic mass is 32.2. The van der Waals surface area contributed by atoms with Crippen molar-refractivity contribution in [2.75, 3.05) is 12.4 Å². The van der Waals surface area contributed by atoms with Crippen molar-refractivity contribution in [2.24, 2.45) is 5.92 Å². The van der Waals surface area contributed by atoms with Crippen LogP contribution in [-0.4, -0.2) is 33.9 Å². The molecule has 1 aliphatic carbocycles. The lowest BCUT2D eigenvalue weighted by Gasteiger charge is -2.49. The Bertz CT molecular complexity index is 282.